The Morgan fingerprint density at radius 2 is 1.76 bits per heavy atom. The summed E-state index contributed by atoms with van der Waals surface area (Å²) in [5.41, 5.74) is 1.08. The number of benzene rings is 2. The first-order valence-electron chi connectivity index (χ1n) is 9.25. The number of sulfonamides is 1. The zero-order valence-corrected chi connectivity index (χ0v) is 17.9. The third-order valence-corrected chi connectivity index (χ3v) is 7.42. The van der Waals surface area contributed by atoms with E-state index >= 15 is 0 Å². The van der Waals surface area contributed by atoms with Crippen molar-refractivity contribution in [3.63, 3.8) is 0 Å². The SMILES string of the molecule is O=C(NCCc1ccc(Cl)cc1)C1CCN(S(=O)(=O)c2ccc(F)c(Cl)c2)CC1. The molecule has 156 valence electrons. The monoisotopic (exact) mass is 458 g/mol. The molecule has 0 unspecified atom stereocenters. The summed E-state index contributed by atoms with van der Waals surface area (Å²) in [5.74, 6) is -0.969. The molecule has 0 bridgehead atoms. The Labute approximate surface area is 179 Å². The van der Waals surface area contributed by atoms with E-state index in [-0.39, 0.29) is 34.8 Å². The first-order chi connectivity index (χ1) is 13.8. The first-order valence-corrected chi connectivity index (χ1v) is 11.4. The van der Waals surface area contributed by atoms with E-state index in [2.05, 4.69) is 5.32 Å². The van der Waals surface area contributed by atoms with Crippen molar-refractivity contribution in [2.24, 2.45) is 5.92 Å². The fourth-order valence-corrected chi connectivity index (χ4v) is 5.14. The van der Waals surface area contributed by atoms with Gasteiger partial charge < -0.3 is 5.32 Å². The van der Waals surface area contributed by atoms with Gasteiger partial charge in [-0.1, -0.05) is 35.3 Å². The quantitative estimate of drug-likeness (QED) is 0.713. The van der Waals surface area contributed by atoms with Gasteiger partial charge in [0.1, 0.15) is 5.82 Å². The van der Waals surface area contributed by atoms with E-state index in [1.165, 1.54) is 10.4 Å². The fraction of sp³-hybridized carbons (Fsp3) is 0.350. The molecule has 1 saturated heterocycles. The third-order valence-electron chi connectivity index (χ3n) is 4.98. The van der Waals surface area contributed by atoms with Crippen LogP contribution in [0, 0.1) is 11.7 Å². The van der Waals surface area contributed by atoms with Crippen LogP contribution in [0.2, 0.25) is 10.0 Å². The normalized spacial score (nSPS) is 16.0. The van der Waals surface area contributed by atoms with Crippen molar-refractivity contribution in [3.05, 3.63) is 63.9 Å². The lowest BCUT2D eigenvalue weighted by atomic mass is 9.97. The van der Waals surface area contributed by atoms with Crippen LogP contribution in [0.1, 0.15) is 18.4 Å². The minimum absolute atomic E-state index is 0.0465. The van der Waals surface area contributed by atoms with E-state index in [4.69, 9.17) is 23.2 Å². The summed E-state index contributed by atoms with van der Waals surface area (Å²) in [7, 11) is -3.77. The molecule has 3 rings (SSSR count). The molecule has 1 aliphatic heterocycles. The highest BCUT2D eigenvalue weighted by molar-refractivity contribution is 7.89. The molecule has 0 radical (unpaired) electrons. The van der Waals surface area contributed by atoms with Crippen LogP contribution in [-0.2, 0) is 21.2 Å². The molecule has 1 fully saturated rings. The van der Waals surface area contributed by atoms with Gasteiger partial charge in [0.25, 0.3) is 0 Å². The minimum Gasteiger partial charge on any atom is -0.356 e. The van der Waals surface area contributed by atoms with Crippen LogP contribution in [0.3, 0.4) is 0 Å². The molecular formula is C20H21Cl2FN2O3S. The van der Waals surface area contributed by atoms with E-state index in [1.807, 2.05) is 24.3 Å². The summed E-state index contributed by atoms with van der Waals surface area (Å²) < 4.78 is 40.0. The predicted molar refractivity (Wildman–Crippen MR) is 111 cm³/mol. The average Bonchev–Trinajstić information content (AvgIpc) is 2.71. The lowest BCUT2D eigenvalue weighted by Gasteiger charge is -2.30. The van der Waals surface area contributed by atoms with E-state index in [0.717, 1.165) is 17.7 Å². The van der Waals surface area contributed by atoms with E-state index in [1.54, 1.807) is 0 Å². The molecule has 29 heavy (non-hydrogen) atoms. The highest BCUT2D eigenvalue weighted by Gasteiger charge is 2.32. The average molecular weight is 459 g/mol. The van der Waals surface area contributed by atoms with Crippen LogP contribution in [0.15, 0.2) is 47.4 Å². The van der Waals surface area contributed by atoms with Crippen LogP contribution in [0.4, 0.5) is 4.39 Å². The molecule has 0 saturated carbocycles. The Kier molecular flexibility index (Phi) is 7.16. The van der Waals surface area contributed by atoms with Crippen LogP contribution in [0.25, 0.3) is 0 Å². The van der Waals surface area contributed by atoms with Gasteiger partial charge in [-0.15, -0.1) is 0 Å². The zero-order chi connectivity index (χ0) is 21.0. The van der Waals surface area contributed by atoms with Gasteiger partial charge in [0.05, 0.1) is 9.92 Å². The molecule has 1 N–H and O–H groups in total. The Morgan fingerprint density at radius 3 is 2.38 bits per heavy atom. The number of rotatable bonds is 6. The number of halogens is 3. The van der Waals surface area contributed by atoms with Gasteiger partial charge in [-0.2, -0.15) is 4.31 Å². The smallest absolute Gasteiger partial charge is 0.243 e. The maximum atomic E-state index is 13.3. The predicted octanol–water partition coefficient (Wildman–Crippen LogP) is 3.89. The van der Waals surface area contributed by atoms with Crippen molar-refractivity contribution in [1.29, 1.82) is 0 Å². The highest BCUT2D eigenvalue weighted by Crippen LogP contribution is 2.26. The fourth-order valence-electron chi connectivity index (χ4n) is 3.27. The zero-order valence-electron chi connectivity index (χ0n) is 15.6. The molecule has 1 amide bonds. The Morgan fingerprint density at radius 1 is 1.10 bits per heavy atom. The summed E-state index contributed by atoms with van der Waals surface area (Å²) >= 11 is 11.6. The number of amides is 1. The summed E-state index contributed by atoms with van der Waals surface area (Å²) in [6, 6.07) is 10.8. The van der Waals surface area contributed by atoms with Crippen molar-refractivity contribution < 1.29 is 17.6 Å². The second-order valence-electron chi connectivity index (χ2n) is 6.92. The molecule has 0 spiro atoms. The van der Waals surface area contributed by atoms with E-state index < -0.39 is 15.8 Å². The molecular weight excluding hydrogens is 438 g/mol. The summed E-state index contributed by atoms with van der Waals surface area (Å²) in [6.45, 7) is 0.965. The number of hydrogen-bond acceptors (Lipinski definition) is 3. The molecule has 9 heteroatoms. The highest BCUT2D eigenvalue weighted by atomic mass is 35.5. The lowest BCUT2D eigenvalue weighted by Crippen LogP contribution is -2.43. The number of carbonyl (C=O) groups excluding carboxylic acids is 1. The molecule has 0 aromatic heterocycles. The second-order valence-corrected chi connectivity index (χ2v) is 9.70. The van der Waals surface area contributed by atoms with Crippen molar-refractivity contribution in [3.8, 4) is 0 Å². The molecule has 0 atom stereocenters. The van der Waals surface area contributed by atoms with E-state index in [0.29, 0.717) is 30.8 Å². The number of nitrogens with zero attached hydrogens (tertiary/aromatic N) is 1. The van der Waals surface area contributed by atoms with Crippen LogP contribution in [0.5, 0.6) is 0 Å². The maximum absolute atomic E-state index is 13.3. The van der Waals surface area contributed by atoms with Gasteiger partial charge in [-0.05, 0) is 55.2 Å². The van der Waals surface area contributed by atoms with Crippen LogP contribution < -0.4 is 5.32 Å². The molecule has 0 aliphatic carbocycles. The Hall–Kier alpha value is -1.67. The minimum atomic E-state index is -3.77. The van der Waals surface area contributed by atoms with Gasteiger partial charge in [-0.3, -0.25) is 4.79 Å². The van der Waals surface area contributed by atoms with E-state index in [9.17, 15) is 17.6 Å². The van der Waals surface area contributed by atoms with Crippen LogP contribution in [-0.4, -0.2) is 38.3 Å². The number of nitrogens with one attached hydrogen (secondary N) is 1. The maximum Gasteiger partial charge on any atom is 0.243 e. The van der Waals surface area contributed by atoms with Gasteiger partial charge in [-0.25, -0.2) is 12.8 Å². The van der Waals surface area contributed by atoms with Crippen molar-refractivity contribution in [2.45, 2.75) is 24.2 Å². The standard InChI is InChI=1S/C20H21Cl2FN2O3S/c21-16-3-1-14(2-4-16)7-10-24-20(26)15-8-11-25(12-9-15)29(27,28)17-5-6-19(23)18(22)13-17/h1-6,13,15H,7-12H2,(H,24,26). The van der Waals surface area contributed by atoms with Crippen molar-refractivity contribution in [1.82, 2.24) is 9.62 Å². The van der Waals surface area contributed by atoms with Crippen molar-refractivity contribution in [2.75, 3.05) is 19.6 Å². The lowest BCUT2D eigenvalue weighted by molar-refractivity contribution is -0.126. The van der Waals surface area contributed by atoms with Crippen molar-refractivity contribution >= 4 is 39.1 Å². The summed E-state index contributed by atoms with van der Waals surface area (Å²) in [5, 5.41) is 3.35. The Bertz CT molecular complexity index is 976. The number of piperidine rings is 1. The second kappa shape index (κ2) is 9.43. The number of carbonyl (C=O) groups is 1. The summed E-state index contributed by atoms with van der Waals surface area (Å²) in [4.78, 5) is 12.3. The molecule has 5 nitrogen and oxygen atoms in total. The molecule has 2 aromatic carbocycles. The third kappa shape index (κ3) is 5.48. The Balaban J connectivity index is 1.50. The number of hydrogen-bond donors (Lipinski definition) is 1. The summed E-state index contributed by atoms with van der Waals surface area (Å²) in [6.07, 6.45) is 1.56. The molecule has 2 aromatic rings. The topological polar surface area (TPSA) is 66.5 Å². The van der Waals surface area contributed by atoms with Gasteiger partial charge in [0.2, 0.25) is 15.9 Å². The molecule has 1 aliphatic rings. The largest absolute Gasteiger partial charge is 0.356 e. The van der Waals surface area contributed by atoms with Crippen LogP contribution >= 0.6 is 23.2 Å². The molecule has 1 heterocycles. The first kappa shape index (κ1) is 22.0. The van der Waals surface area contributed by atoms with Gasteiger partial charge in [0.15, 0.2) is 0 Å². The van der Waals surface area contributed by atoms with Gasteiger partial charge in [0, 0.05) is 30.6 Å². The van der Waals surface area contributed by atoms with Gasteiger partial charge >= 0.3 is 0 Å².